The molecule has 0 saturated carbocycles. The third-order valence-corrected chi connectivity index (χ3v) is 3.76. The van der Waals surface area contributed by atoms with Gasteiger partial charge in [-0.3, -0.25) is 19.9 Å². The summed E-state index contributed by atoms with van der Waals surface area (Å²) in [6.45, 7) is 1.10. The molecule has 3 aromatic rings. The number of benzene rings is 2. The molecule has 1 amide bonds. The molecule has 150 valence electrons. The Balaban J connectivity index is 0.000000426. The van der Waals surface area contributed by atoms with Gasteiger partial charge in [0.2, 0.25) is 5.91 Å². The van der Waals surface area contributed by atoms with Gasteiger partial charge in [0, 0.05) is 43.7 Å². The molecular formula is C21H23N5O3. The fourth-order valence-corrected chi connectivity index (χ4v) is 2.33. The van der Waals surface area contributed by atoms with Gasteiger partial charge in [-0.2, -0.15) is 0 Å². The lowest BCUT2D eigenvalue weighted by Crippen LogP contribution is -2.21. The number of nitrogens with one attached hydrogen (secondary N) is 2. The van der Waals surface area contributed by atoms with Gasteiger partial charge in [0.25, 0.3) is 5.69 Å². The number of aromatic nitrogens is 1. The second-order valence-electron chi connectivity index (χ2n) is 6.02. The van der Waals surface area contributed by atoms with Crippen molar-refractivity contribution in [2.45, 2.75) is 13.0 Å². The van der Waals surface area contributed by atoms with Crippen LogP contribution in [0.5, 0.6) is 0 Å². The molecule has 29 heavy (non-hydrogen) atoms. The number of nitrogen functional groups attached to an aromatic ring is 1. The zero-order valence-corrected chi connectivity index (χ0v) is 15.8. The van der Waals surface area contributed by atoms with E-state index in [1.165, 1.54) is 18.2 Å². The molecule has 4 N–H and O–H groups in total. The topological polar surface area (TPSA) is 123 Å². The highest BCUT2D eigenvalue weighted by Crippen LogP contribution is 2.24. The number of carbonyl (C=O) groups excluding carboxylic acids is 1. The first-order valence-electron chi connectivity index (χ1n) is 8.99. The van der Waals surface area contributed by atoms with Gasteiger partial charge in [-0.15, -0.1) is 0 Å². The maximum atomic E-state index is 11.8. The van der Waals surface area contributed by atoms with Crippen molar-refractivity contribution in [3.8, 4) is 0 Å². The van der Waals surface area contributed by atoms with E-state index < -0.39 is 4.92 Å². The van der Waals surface area contributed by atoms with Crippen LogP contribution >= 0.6 is 0 Å². The lowest BCUT2D eigenvalue weighted by molar-refractivity contribution is -0.383. The number of nitrogens with zero attached hydrogens (tertiary/aromatic N) is 2. The van der Waals surface area contributed by atoms with Gasteiger partial charge in [0.05, 0.1) is 4.92 Å². The number of hydrogen-bond donors (Lipinski definition) is 3. The number of nitro groups is 1. The number of hydrogen-bond acceptors (Lipinski definition) is 6. The maximum Gasteiger partial charge on any atom is 0.294 e. The van der Waals surface area contributed by atoms with Crippen molar-refractivity contribution < 1.29 is 9.72 Å². The standard InChI is InChI=1S/C15H17N5O3.C6H6/c16-13-4-3-12(8-14(13)20(22)23)19-15(21)5-7-18-10-11-2-1-6-17-9-11;1-2-4-6-5-3-1/h1-4,6,8-9,18H,5,7,10,16H2,(H,19,21);1-6H. The second-order valence-corrected chi connectivity index (χ2v) is 6.02. The summed E-state index contributed by atoms with van der Waals surface area (Å²) in [4.78, 5) is 26.0. The summed E-state index contributed by atoms with van der Waals surface area (Å²) >= 11 is 0. The van der Waals surface area contributed by atoms with Crippen LogP contribution in [0, 0.1) is 10.1 Å². The van der Waals surface area contributed by atoms with Crippen molar-refractivity contribution in [1.82, 2.24) is 10.3 Å². The molecule has 0 unspecified atom stereocenters. The minimum Gasteiger partial charge on any atom is -0.393 e. The zero-order chi connectivity index (χ0) is 20.9. The zero-order valence-electron chi connectivity index (χ0n) is 15.8. The van der Waals surface area contributed by atoms with Crippen molar-refractivity contribution in [2.24, 2.45) is 0 Å². The summed E-state index contributed by atoms with van der Waals surface area (Å²) in [6.07, 6.45) is 3.70. The predicted octanol–water partition coefficient (Wildman–Crippen LogP) is 3.38. The summed E-state index contributed by atoms with van der Waals surface area (Å²) in [5.74, 6) is -0.234. The number of nitrogens with two attached hydrogens (primary N) is 1. The molecule has 2 aromatic carbocycles. The third kappa shape index (κ3) is 8.19. The maximum absolute atomic E-state index is 11.8. The number of anilines is 2. The Morgan fingerprint density at radius 2 is 1.76 bits per heavy atom. The van der Waals surface area contributed by atoms with E-state index in [9.17, 15) is 14.9 Å². The van der Waals surface area contributed by atoms with E-state index in [4.69, 9.17) is 5.73 Å². The average molecular weight is 393 g/mol. The van der Waals surface area contributed by atoms with Gasteiger partial charge >= 0.3 is 0 Å². The van der Waals surface area contributed by atoms with Gasteiger partial charge < -0.3 is 16.4 Å². The lowest BCUT2D eigenvalue weighted by Gasteiger charge is -2.07. The van der Waals surface area contributed by atoms with Gasteiger partial charge in [0.15, 0.2) is 0 Å². The van der Waals surface area contributed by atoms with Crippen molar-refractivity contribution in [1.29, 1.82) is 0 Å². The molecule has 0 fully saturated rings. The summed E-state index contributed by atoms with van der Waals surface area (Å²) < 4.78 is 0. The molecule has 0 atom stereocenters. The summed E-state index contributed by atoms with van der Waals surface area (Å²) in [5, 5.41) is 16.5. The quantitative estimate of drug-likeness (QED) is 0.245. The monoisotopic (exact) mass is 393 g/mol. The Hall–Kier alpha value is -3.78. The van der Waals surface area contributed by atoms with E-state index in [1.54, 1.807) is 12.4 Å². The highest BCUT2D eigenvalue weighted by atomic mass is 16.6. The summed E-state index contributed by atoms with van der Waals surface area (Å²) in [7, 11) is 0. The number of nitro benzene ring substituents is 1. The van der Waals surface area contributed by atoms with Crippen molar-refractivity contribution >= 4 is 23.0 Å². The predicted molar refractivity (Wildman–Crippen MR) is 113 cm³/mol. The minimum absolute atomic E-state index is 0.0612. The van der Waals surface area contributed by atoms with E-state index in [0.29, 0.717) is 18.8 Å². The smallest absolute Gasteiger partial charge is 0.294 e. The van der Waals surface area contributed by atoms with Crippen molar-refractivity contribution in [2.75, 3.05) is 17.6 Å². The van der Waals surface area contributed by atoms with E-state index >= 15 is 0 Å². The van der Waals surface area contributed by atoms with Crippen LogP contribution in [0.15, 0.2) is 79.1 Å². The van der Waals surface area contributed by atoms with E-state index in [-0.39, 0.29) is 23.7 Å². The first kappa shape index (κ1) is 21.5. The fourth-order valence-electron chi connectivity index (χ4n) is 2.33. The van der Waals surface area contributed by atoms with Crippen LogP contribution in [-0.4, -0.2) is 22.4 Å². The molecule has 0 aliphatic rings. The average Bonchev–Trinajstić information content (AvgIpc) is 2.75. The molecule has 3 rings (SSSR count). The van der Waals surface area contributed by atoms with Crippen molar-refractivity contribution in [3.05, 3.63) is 94.8 Å². The Morgan fingerprint density at radius 1 is 1.07 bits per heavy atom. The second kappa shape index (κ2) is 11.8. The molecule has 0 radical (unpaired) electrons. The van der Waals surface area contributed by atoms with Crippen LogP contribution in [0.4, 0.5) is 17.1 Å². The third-order valence-electron chi connectivity index (χ3n) is 3.76. The van der Waals surface area contributed by atoms with Crippen LogP contribution in [0.1, 0.15) is 12.0 Å². The van der Waals surface area contributed by atoms with E-state index in [0.717, 1.165) is 5.56 Å². The number of carbonyl (C=O) groups is 1. The van der Waals surface area contributed by atoms with Crippen LogP contribution < -0.4 is 16.4 Å². The lowest BCUT2D eigenvalue weighted by atomic mass is 10.2. The molecule has 0 bridgehead atoms. The van der Waals surface area contributed by atoms with Crippen LogP contribution in [0.2, 0.25) is 0 Å². The molecule has 0 saturated heterocycles. The number of rotatable bonds is 7. The minimum atomic E-state index is -0.583. The first-order chi connectivity index (χ1) is 14.1. The summed E-state index contributed by atoms with van der Waals surface area (Å²) in [5.41, 5.74) is 6.72. The fraction of sp³-hybridized carbons (Fsp3) is 0.143. The van der Waals surface area contributed by atoms with Gasteiger partial charge in [-0.05, 0) is 23.8 Å². The molecule has 1 aromatic heterocycles. The molecule has 8 heteroatoms. The van der Waals surface area contributed by atoms with Crippen LogP contribution in [0.3, 0.4) is 0 Å². The summed E-state index contributed by atoms with van der Waals surface area (Å²) in [6, 6.07) is 20.0. The Morgan fingerprint density at radius 3 is 2.34 bits per heavy atom. The normalized spacial score (nSPS) is 9.79. The Labute approximate surface area is 168 Å². The highest BCUT2D eigenvalue weighted by Gasteiger charge is 2.13. The largest absolute Gasteiger partial charge is 0.393 e. The highest BCUT2D eigenvalue weighted by molar-refractivity contribution is 5.91. The molecule has 0 aliphatic carbocycles. The van der Waals surface area contributed by atoms with Crippen LogP contribution in [-0.2, 0) is 11.3 Å². The van der Waals surface area contributed by atoms with Gasteiger partial charge in [-0.1, -0.05) is 42.5 Å². The Kier molecular flexibility index (Phi) is 8.78. The first-order valence-corrected chi connectivity index (χ1v) is 8.99. The van der Waals surface area contributed by atoms with Crippen LogP contribution in [0.25, 0.3) is 0 Å². The van der Waals surface area contributed by atoms with E-state index in [2.05, 4.69) is 15.6 Å². The SMILES string of the molecule is Nc1ccc(NC(=O)CCNCc2cccnc2)cc1[N+](=O)[O-].c1ccccc1. The molecule has 0 aliphatic heterocycles. The molecular weight excluding hydrogens is 370 g/mol. The van der Waals surface area contributed by atoms with Gasteiger partial charge in [0.1, 0.15) is 5.69 Å². The molecule has 1 heterocycles. The number of amides is 1. The Bertz CT molecular complexity index is 878. The number of pyridine rings is 1. The van der Waals surface area contributed by atoms with Gasteiger partial charge in [-0.25, -0.2) is 0 Å². The molecule has 8 nitrogen and oxygen atoms in total. The van der Waals surface area contributed by atoms with E-state index in [1.807, 2.05) is 48.5 Å². The van der Waals surface area contributed by atoms with Crippen molar-refractivity contribution in [3.63, 3.8) is 0 Å². The molecule has 0 spiro atoms.